The Morgan fingerprint density at radius 3 is 2.50 bits per heavy atom. The number of halogens is 2. The van der Waals surface area contributed by atoms with Gasteiger partial charge in [0.25, 0.3) is 5.91 Å². The molecule has 1 aromatic carbocycles. The van der Waals surface area contributed by atoms with E-state index in [1.165, 1.54) is 23.1 Å². The lowest BCUT2D eigenvalue weighted by Crippen LogP contribution is -2.45. The molecule has 1 atom stereocenters. The van der Waals surface area contributed by atoms with Crippen molar-refractivity contribution in [2.45, 2.75) is 19.4 Å². The van der Waals surface area contributed by atoms with Crippen LogP contribution in [0.25, 0.3) is 0 Å². The summed E-state index contributed by atoms with van der Waals surface area (Å²) in [6.45, 7) is 2.03. The van der Waals surface area contributed by atoms with Gasteiger partial charge in [-0.3, -0.25) is 9.59 Å². The van der Waals surface area contributed by atoms with Crippen molar-refractivity contribution >= 4 is 24.3 Å². The van der Waals surface area contributed by atoms with Crippen molar-refractivity contribution in [3.05, 3.63) is 35.6 Å². The second-order valence-corrected chi connectivity index (χ2v) is 4.18. The lowest BCUT2D eigenvalue weighted by molar-refractivity contribution is -0.138. The van der Waals surface area contributed by atoms with Crippen LogP contribution in [0.5, 0.6) is 0 Å². The van der Waals surface area contributed by atoms with E-state index in [0.717, 1.165) is 0 Å². The Morgan fingerprint density at radius 2 is 2.00 bits per heavy atom. The average Bonchev–Trinajstić information content (AvgIpc) is 2.37. The Kier molecular flexibility index (Phi) is 7.79. The van der Waals surface area contributed by atoms with E-state index in [2.05, 4.69) is 0 Å². The molecule has 5 nitrogen and oxygen atoms in total. The largest absolute Gasteiger partial charge is 0.480 e. The van der Waals surface area contributed by atoms with Crippen LogP contribution < -0.4 is 5.73 Å². The van der Waals surface area contributed by atoms with Gasteiger partial charge in [-0.15, -0.1) is 12.4 Å². The predicted octanol–water partition coefficient (Wildman–Crippen LogP) is 1.51. The summed E-state index contributed by atoms with van der Waals surface area (Å²) in [7, 11) is 0. The quantitative estimate of drug-likeness (QED) is 0.834. The molecule has 0 unspecified atom stereocenters. The Bertz CT molecular complexity index is 471. The van der Waals surface area contributed by atoms with Gasteiger partial charge >= 0.3 is 5.97 Å². The highest BCUT2D eigenvalue weighted by Crippen LogP contribution is 2.10. The Morgan fingerprint density at radius 1 is 1.40 bits per heavy atom. The van der Waals surface area contributed by atoms with Gasteiger partial charge in [-0.25, -0.2) is 4.39 Å². The molecule has 1 aromatic rings. The highest BCUT2D eigenvalue weighted by molar-refractivity contribution is 5.94. The standard InChI is InChI=1S/C13H17FN2O3.ClH/c1-2-7-16(8-11(15)13(18)19)12(17)9-5-3-4-6-10(9)14;/h3-6,11H,2,7-8,15H2,1H3,(H,18,19);1H/t11-;/m0./s1. The van der Waals surface area contributed by atoms with E-state index in [-0.39, 0.29) is 24.5 Å². The van der Waals surface area contributed by atoms with Gasteiger partial charge in [0.1, 0.15) is 11.9 Å². The molecule has 0 saturated carbocycles. The molecule has 3 N–H and O–H groups in total. The number of benzene rings is 1. The summed E-state index contributed by atoms with van der Waals surface area (Å²) in [6.07, 6.45) is 0.631. The Balaban J connectivity index is 0.00000361. The van der Waals surface area contributed by atoms with E-state index < -0.39 is 23.7 Å². The number of carboxylic acids is 1. The molecule has 0 aliphatic carbocycles. The molecule has 7 heteroatoms. The fourth-order valence-corrected chi connectivity index (χ4v) is 1.67. The zero-order chi connectivity index (χ0) is 14.4. The molecule has 0 fully saturated rings. The number of carbonyl (C=O) groups excluding carboxylic acids is 1. The minimum absolute atomic E-state index is 0. The number of nitrogens with two attached hydrogens (primary N) is 1. The summed E-state index contributed by atoms with van der Waals surface area (Å²) in [5, 5.41) is 8.77. The molecule has 1 amide bonds. The summed E-state index contributed by atoms with van der Waals surface area (Å²) in [4.78, 5) is 24.1. The number of amides is 1. The van der Waals surface area contributed by atoms with Gasteiger partial charge in [-0.2, -0.15) is 0 Å². The lowest BCUT2D eigenvalue weighted by atomic mass is 10.1. The highest BCUT2D eigenvalue weighted by Gasteiger charge is 2.23. The summed E-state index contributed by atoms with van der Waals surface area (Å²) < 4.78 is 13.5. The SMILES string of the molecule is CCCN(C[C@H](N)C(=O)O)C(=O)c1ccccc1F.Cl. The highest BCUT2D eigenvalue weighted by atomic mass is 35.5. The van der Waals surface area contributed by atoms with E-state index in [9.17, 15) is 14.0 Å². The average molecular weight is 305 g/mol. The van der Waals surface area contributed by atoms with Gasteiger partial charge in [-0.05, 0) is 18.6 Å². The van der Waals surface area contributed by atoms with Crippen molar-refractivity contribution in [1.82, 2.24) is 4.90 Å². The van der Waals surface area contributed by atoms with Gasteiger partial charge in [0, 0.05) is 13.1 Å². The molecule has 0 radical (unpaired) electrons. The summed E-state index contributed by atoms with van der Waals surface area (Å²) in [5.74, 6) is -2.36. The molecular weight excluding hydrogens is 287 g/mol. The molecule has 0 spiro atoms. The van der Waals surface area contributed by atoms with Gasteiger partial charge in [-0.1, -0.05) is 19.1 Å². The molecule has 1 rings (SSSR count). The third kappa shape index (κ3) is 4.79. The van der Waals surface area contributed by atoms with Gasteiger partial charge in [0.05, 0.1) is 5.56 Å². The number of nitrogens with zero attached hydrogens (tertiary/aromatic N) is 1. The van der Waals surface area contributed by atoms with Gasteiger partial charge < -0.3 is 15.7 Å². The van der Waals surface area contributed by atoms with Crippen LogP contribution in [0.1, 0.15) is 23.7 Å². The molecule has 0 aromatic heterocycles. The maximum atomic E-state index is 13.5. The van der Waals surface area contributed by atoms with Crippen molar-refractivity contribution in [2.75, 3.05) is 13.1 Å². The number of rotatable bonds is 6. The third-order valence-electron chi connectivity index (χ3n) is 2.62. The molecule has 0 heterocycles. The Labute approximate surface area is 123 Å². The van der Waals surface area contributed by atoms with Crippen molar-refractivity contribution in [2.24, 2.45) is 5.73 Å². The molecule has 0 aliphatic rings. The maximum absolute atomic E-state index is 13.5. The van der Waals surface area contributed by atoms with Crippen LogP contribution in [-0.2, 0) is 4.79 Å². The third-order valence-corrected chi connectivity index (χ3v) is 2.62. The monoisotopic (exact) mass is 304 g/mol. The summed E-state index contributed by atoms with van der Waals surface area (Å²) in [5.41, 5.74) is 5.34. The number of hydrogen-bond donors (Lipinski definition) is 2. The first-order valence-electron chi connectivity index (χ1n) is 5.99. The van der Waals surface area contributed by atoms with Crippen LogP contribution >= 0.6 is 12.4 Å². The number of carboxylic acid groups (broad SMARTS) is 1. The molecule has 112 valence electrons. The number of aliphatic carboxylic acids is 1. The fourth-order valence-electron chi connectivity index (χ4n) is 1.67. The minimum atomic E-state index is -1.19. The molecular formula is C13H18ClFN2O3. The van der Waals surface area contributed by atoms with Crippen LogP contribution in [0.2, 0.25) is 0 Å². The minimum Gasteiger partial charge on any atom is -0.480 e. The topological polar surface area (TPSA) is 83.6 Å². The first-order chi connectivity index (χ1) is 8.97. The molecule has 0 saturated heterocycles. The second kappa shape index (κ2) is 8.50. The van der Waals surface area contributed by atoms with E-state index in [1.54, 1.807) is 6.07 Å². The summed E-state index contributed by atoms with van der Waals surface area (Å²) in [6, 6.07) is 4.42. The van der Waals surface area contributed by atoms with Crippen molar-refractivity contribution < 1.29 is 19.1 Å². The van der Waals surface area contributed by atoms with Crippen LogP contribution in [0.3, 0.4) is 0 Å². The smallest absolute Gasteiger partial charge is 0.322 e. The molecule has 0 bridgehead atoms. The molecule has 0 aliphatic heterocycles. The van der Waals surface area contributed by atoms with E-state index >= 15 is 0 Å². The first-order valence-corrected chi connectivity index (χ1v) is 5.99. The predicted molar refractivity (Wildman–Crippen MR) is 75.5 cm³/mol. The number of carbonyl (C=O) groups is 2. The van der Waals surface area contributed by atoms with Gasteiger partial charge in [0.2, 0.25) is 0 Å². The Hall–Kier alpha value is -1.66. The number of hydrogen-bond acceptors (Lipinski definition) is 3. The van der Waals surface area contributed by atoms with Crippen LogP contribution in [-0.4, -0.2) is 41.0 Å². The first kappa shape index (κ1) is 18.3. The van der Waals surface area contributed by atoms with Crippen molar-refractivity contribution in [3.63, 3.8) is 0 Å². The van der Waals surface area contributed by atoms with Crippen LogP contribution in [0.4, 0.5) is 4.39 Å². The normalized spacial score (nSPS) is 11.3. The van der Waals surface area contributed by atoms with Crippen molar-refractivity contribution in [3.8, 4) is 0 Å². The van der Waals surface area contributed by atoms with Gasteiger partial charge in [0.15, 0.2) is 0 Å². The van der Waals surface area contributed by atoms with E-state index in [0.29, 0.717) is 13.0 Å². The summed E-state index contributed by atoms with van der Waals surface area (Å²) >= 11 is 0. The lowest BCUT2D eigenvalue weighted by Gasteiger charge is -2.24. The van der Waals surface area contributed by atoms with Crippen LogP contribution in [0.15, 0.2) is 24.3 Å². The van der Waals surface area contributed by atoms with E-state index in [1.807, 2.05) is 6.92 Å². The van der Waals surface area contributed by atoms with Crippen LogP contribution in [0, 0.1) is 5.82 Å². The zero-order valence-corrected chi connectivity index (χ0v) is 11.9. The van der Waals surface area contributed by atoms with Crippen molar-refractivity contribution in [1.29, 1.82) is 0 Å². The van der Waals surface area contributed by atoms with E-state index in [4.69, 9.17) is 10.8 Å². The maximum Gasteiger partial charge on any atom is 0.322 e. The fraction of sp³-hybridized carbons (Fsp3) is 0.385. The zero-order valence-electron chi connectivity index (χ0n) is 11.1. The molecule has 20 heavy (non-hydrogen) atoms. The second-order valence-electron chi connectivity index (χ2n) is 4.18.